The first-order valence-corrected chi connectivity index (χ1v) is 15.5. The van der Waals surface area contributed by atoms with E-state index >= 15 is 0 Å². The Morgan fingerprint density at radius 1 is 0.738 bits per heavy atom. The van der Waals surface area contributed by atoms with Crippen LogP contribution in [0.4, 0.5) is 11.4 Å². The van der Waals surface area contributed by atoms with Crippen LogP contribution in [0.5, 0.6) is 0 Å². The van der Waals surface area contributed by atoms with E-state index < -0.39 is 10.8 Å². The summed E-state index contributed by atoms with van der Waals surface area (Å²) in [6.45, 7) is 11.3. The summed E-state index contributed by atoms with van der Waals surface area (Å²) in [6.07, 6.45) is 0. The molecule has 0 unspecified atom stereocenters. The van der Waals surface area contributed by atoms with Crippen molar-refractivity contribution in [1.82, 2.24) is 4.90 Å². The average Bonchev–Trinajstić information content (AvgIpc) is 3.09. The Labute approximate surface area is 250 Å². The fourth-order valence-electron chi connectivity index (χ4n) is 5.89. The van der Waals surface area contributed by atoms with Crippen LogP contribution in [-0.2, 0) is 17.3 Å². The van der Waals surface area contributed by atoms with E-state index in [4.69, 9.17) is 0 Å². The van der Waals surface area contributed by atoms with Crippen molar-refractivity contribution >= 4 is 34.0 Å². The molecule has 2 amide bonds. The fourth-order valence-corrected chi connectivity index (χ4v) is 7.23. The monoisotopic (exact) mass is 577 g/mol. The SMILES string of the molecule is Cc1ccc(C)c(CN2C(=O)c3ccccc3[S@](=O)c3ccc(C(=O)N4CCN(c5cc(C)ccc5C)CC4)cc32)c1. The summed E-state index contributed by atoms with van der Waals surface area (Å²) in [7, 11) is -1.57. The van der Waals surface area contributed by atoms with Gasteiger partial charge in [-0.1, -0.05) is 48.0 Å². The molecule has 7 heteroatoms. The Morgan fingerprint density at radius 3 is 2.19 bits per heavy atom. The number of rotatable bonds is 4. The number of carbonyl (C=O) groups is 2. The minimum atomic E-state index is -1.57. The molecule has 0 spiro atoms. The Bertz CT molecular complexity index is 1740. The second kappa shape index (κ2) is 11.2. The predicted octanol–water partition coefficient (Wildman–Crippen LogP) is 6.21. The Hall–Kier alpha value is -4.23. The first-order valence-electron chi connectivity index (χ1n) is 14.4. The first kappa shape index (κ1) is 27.9. The molecule has 1 atom stereocenters. The van der Waals surface area contributed by atoms with Crippen LogP contribution in [0.1, 0.15) is 48.5 Å². The zero-order chi connectivity index (χ0) is 29.5. The van der Waals surface area contributed by atoms with Crippen LogP contribution in [0, 0.1) is 27.7 Å². The van der Waals surface area contributed by atoms with Gasteiger partial charge in [-0.2, -0.15) is 0 Å². The molecule has 2 aliphatic rings. The second-order valence-corrected chi connectivity index (χ2v) is 12.8. The van der Waals surface area contributed by atoms with Crippen molar-refractivity contribution < 1.29 is 13.8 Å². The topological polar surface area (TPSA) is 60.9 Å². The van der Waals surface area contributed by atoms with Gasteiger partial charge in [-0.25, -0.2) is 4.21 Å². The molecule has 0 aliphatic carbocycles. The largest absolute Gasteiger partial charge is 0.368 e. The summed E-state index contributed by atoms with van der Waals surface area (Å²) in [6, 6.07) is 25.0. The van der Waals surface area contributed by atoms with E-state index in [1.807, 2.05) is 18.7 Å². The number of fused-ring (bicyclic) bond motifs is 2. The van der Waals surface area contributed by atoms with Gasteiger partial charge in [-0.05, 0) is 86.3 Å². The van der Waals surface area contributed by atoms with Gasteiger partial charge >= 0.3 is 0 Å². The molecule has 1 fully saturated rings. The third-order valence-electron chi connectivity index (χ3n) is 8.36. The number of piperazine rings is 1. The van der Waals surface area contributed by atoms with E-state index in [0.29, 0.717) is 46.2 Å². The molecule has 1 saturated heterocycles. The summed E-state index contributed by atoms with van der Waals surface area (Å²) >= 11 is 0. The van der Waals surface area contributed by atoms with Gasteiger partial charge in [0.25, 0.3) is 11.8 Å². The van der Waals surface area contributed by atoms with Crippen molar-refractivity contribution in [3.8, 4) is 0 Å². The Morgan fingerprint density at radius 2 is 1.43 bits per heavy atom. The van der Waals surface area contributed by atoms with Crippen molar-refractivity contribution in [1.29, 1.82) is 0 Å². The van der Waals surface area contributed by atoms with Crippen molar-refractivity contribution in [3.05, 3.63) is 118 Å². The van der Waals surface area contributed by atoms with Crippen LogP contribution < -0.4 is 9.80 Å². The van der Waals surface area contributed by atoms with Gasteiger partial charge in [0, 0.05) is 37.4 Å². The lowest BCUT2D eigenvalue weighted by Crippen LogP contribution is -2.49. The average molecular weight is 578 g/mol. The molecule has 0 radical (unpaired) electrons. The van der Waals surface area contributed by atoms with E-state index in [-0.39, 0.29) is 11.8 Å². The molecule has 42 heavy (non-hydrogen) atoms. The molecule has 6 rings (SSSR count). The summed E-state index contributed by atoms with van der Waals surface area (Å²) in [4.78, 5) is 34.8. The Kier molecular flexibility index (Phi) is 7.45. The highest BCUT2D eigenvalue weighted by Crippen LogP contribution is 2.37. The number of benzene rings is 4. The zero-order valence-corrected chi connectivity index (χ0v) is 25.3. The second-order valence-electron chi connectivity index (χ2n) is 11.3. The van der Waals surface area contributed by atoms with Crippen molar-refractivity contribution in [2.24, 2.45) is 0 Å². The van der Waals surface area contributed by atoms with Crippen LogP contribution in [0.2, 0.25) is 0 Å². The lowest BCUT2D eigenvalue weighted by atomic mass is 10.0. The van der Waals surface area contributed by atoms with Crippen LogP contribution in [0.25, 0.3) is 0 Å². The summed E-state index contributed by atoms with van der Waals surface area (Å²) in [5.41, 5.74) is 8.30. The predicted molar refractivity (Wildman–Crippen MR) is 168 cm³/mol. The summed E-state index contributed by atoms with van der Waals surface area (Å²) in [5, 5.41) is 0. The molecule has 4 aromatic rings. The molecular weight excluding hydrogens is 542 g/mol. The van der Waals surface area contributed by atoms with Gasteiger partial charge in [0.2, 0.25) is 0 Å². The number of anilines is 2. The molecular formula is C35H35N3O3S. The summed E-state index contributed by atoms with van der Waals surface area (Å²) in [5.74, 6) is -0.296. The number of carbonyl (C=O) groups excluding carboxylic acids is 2. The Balaban J connectivity index is 1.33. The number of aryl methyl sites for hydroxylation is 4. The lowest BCUT2D eigenvalue weighted by Gasteiger charge is -2.37. The number of hydrogen-bond acceptors (Lipinski definition) is 4. The maximum absolute atomic E-state index is 14.0. The zero-order valence-electron chi connectivity index (χ0n) is 24.5. The molecule has 4 aromatic carbocycles. The minimum absolute atomic E-state index is 0.0786. The highest BCUT2D eigenvalue weighted by Gasteiger charge is 2.32. The van der Waals surface area contributed by atoms with Gasteiger partial charge in [0.05, 0.1) is 38.4 Å². The molecule has 0 bridgehead atoms. The molecule has 0 aromatic heterocycles. The van der Waals surface area contributed by atoms with Crippen LogP contribution in [0.3, 0.4) is 0 Å². The lowest BCUT2D eigenvalue weighted by molar-refractivity contribution is 0.0746. The highest BCUT2D eigenvalue weighted by atomic mass is 32.2. The smallest absolute Gasteiger partial charge is 0.259 e. The first-order chi connectivity index (χ1) is 20.2. The highest BCUT2D eigenvalue weighted by molar-refractivity contribution is 7.85. The molecule has 2 aliphatic heterocycles. The van der Waals surface area contributed by atoms with E-state index in [1.54, 1.807) is 47.4 Å². The fraction of sp³-hybridized carbons (Fsp3) is 0.257. The number of amides is 2. The van der Waals surface area contributed by atoms with Crippen molar-refractivity contribution in [2.45, 2.75) is 44.0 Å². The van der Waals surface area contributed by atoms with E-state index in [1.165, 1.54) is 16.8 Å². The number of nitrogens with zero attached hydrogens (tertiary/aromatic N) is 3. The van der Waals surface area contributed by atoms with Gasteiger partial charge in [-0.15, -0.1) is 0 Å². The minimum Gasteiger partial charge on any atom is -0.368 e. The van der Waals surface area contributed by atoms with Crippen molar-refractivity contribution in [3.63, 3.8) is 0 Å². The van der Waals surface area contributed by atoms with E-state index in [9.17, 15) is 13.8 Å². The van der Waals surface area contributed by atoms with Gasteiger partial charge in [0.1, 0.15) is 0 Å². The van der Waals surface area contributed by atoms with Gasteiger partial charge < -0.3 is 14.7 Å². The molecule has 0 N–H and O–H groups in total. The normalized spacial score (nSPS) is 16.6. The van der Waals surface area contributed by atoms with E-state index in [0.717, 1.165) is 29.8 Å². The van der Waals surface area contributed by atoms with Gasteiger partial charge in [0.15, 0.2) is 0 Å². The molecule has 2 heterocycles. The van der Waals surface area contributed by atoms with Crippen molar-refractivity contribution in [2.75, 3.05) is 36.0 Å². The third-order valence-corrected chi connectivity index (χ3v) is 9.86. The van der Waals surface area contributed by atoms with Crippen LogP contribution >= 0.6 is 0 Å². The van der Waals surface area contributed by atoms with Gasteiger partial charge in [-0.3, -0.25) is 9.59 Å². The maximum atomic E-state index is 14.0. The van der Waals surface area contributed by atoms with E-state index in [2.05, 4.69) is 55.1 Å². The van der Waals surface area contributed by atoms with Crippen LogP contribution in [-0.4, -0.2) is 47.1 Å². The maximum Gasteiger partial charge on any atom is 0.259 e. The molecule has 6 nitrogen and oxygen atoms in total. The molecule has 0 saturated carbocycles. The summed E-state index contributed by atoms with van der Waals surface area (Å²) < 4.78 is 13.8. The van der Waals surface area contributed by atoms with Crippen LogP contribution in [0.15, 0.2) is 88.7 Å². The third kappa shape index (κ3) is 5.13. The number of hydrogen-bond donors (Lipinski definition) is 0. The standard InChI is InChI=1S/C35H35N3O3S/c1-23-9-11-25(3)28(19-23)22-38-31-21-27(13-14-33(31)42(41)32-8-6-5-7-29(32)35(38)40)34(39)37-17-15-36(16-18-37)30-20-24(2)10-12-26(30)4/h5-14,19-21H,15-18,22H2,1-4H3/t42-/m0/s1. The quantitative estimate of drug-likeness (QED) is 0.289. The molecule has 214 valence electrons.